The van der Waals surface area contributed by atoms with Gasteiger partial charge in [0.1, 0.15) is 0 Å². The standard InChI is InChI=1S/C11H24N2O2S/c1-2-13(10-6-9-12)16(14,15)11-7-4-3-5-8-11/h11H,2-10,12H2,1H3. The van der Waals surface area contributed by atoms with E-state index in [0.717, 1.165) is 32.1 Å². The van der Waals surface area contributed by atoms with Crippen LogP contribution in [0.1, 0.15) is 45.4 Å². The molecule has 4 nitrogen and oxygen atoms in total. The molecule has 16 heavy (non-hydrogen) atoms. The molecule has 1 aliphatic carbocycles. The lowest BCUT2D eigenvalue weighted by Crippen LogP contribution is -2.40. The van der Waals surface area contributed by atoms with E-state index in [2.05, 4.69) is 0 Å². The fourth-order valence-corrected chi connectivity index (χ4v) is 4.40. The Balaban J connectivity index is 2.64. The molecule has 0 atom stereocenters. The molecule has 0 aromatic heterocycles. The molecule has 0 radical (unpaired) electrons. The average Bonchev–Trinajstić information content (AvgIpc) is 2.31. The Hall–Kier alpha value is -0.130. The smallest absolute Gasteiger partial charge is 0.216 e. The second-order valence-electron chi connectivity index (χ2n) is 4.44. The summed E-state index contributed by atoms with van der Waals surface area (Å²) in [6.07, 6.45) is 5.71. The molecular weight excluding hydrogens is 224 g/mol. The number of hydrogen-bond acceptors (Lipinski definition) is 3. The SMILES string of the molecule is CCN(CCCN)S(=O)(=O)C1CCCCC1. The Morgan fingerprint density at radius 2 is 1.88 bits per heavy atom. The van der Waals surface area contributed by atoms with Crippen molar-refractivity contribution in [2.75, 3.05) is 19.6 Å². The highest BCUT2D eigenvalue weighted by atomic mass is 32.2. The van der Waals surface area contributed by atoms with Gasteiger partial charge >= 0.3 is 0 Å². The minimum absolute atomic E-state index is 0.140. The van der Waals surface area contributed by atoms with Crippen LogP contribution in [0.2, 0.25) is 0 Å². The maximum absolute atomic E-state index is 12.3. The van der Waals surface area contributed by atoms with E-state index in [1.54, 1.807) is 4.31 Å². The number of nitrogens with two attached hydrogens (primary N) is 1. The van der Waals surface area contributed by atoms with Gasteiger partial charge in [-0.3, -0.25) is 0 Å². The van der Waals surface area contributed by atoms with Crippen molar-refractivity contribution in [1.82, 2.24) is 4.31 Å². The van der Waals surface area contributed by atoms with Gasteiger partial charge in [-0.1, -0.05) is 26.2 Å². The summed E-state index contributed by atoms with van der Waals surface area (Å²) in [7, 11) is -3.07. The maximum atomic E-state index is 12.3. The third kappa shape index (κ3) is 3.43. The predicted octanol–water partition coefficient (Wildman–Crippen LogP) is 1.32. The number of sulfonamides is 1. The molecule has 5 heteroatoms. The Morgan fingerprint density at radius 1 is 1.25 bits per heavy atom. The van der Waals surface area contributed by atoms with Gasteiger partial charge in [0, 0.05) is 13.1 Å². The zero-order valence-corrected chi connectivity index (χ0v) is 11.0. The van der Waals surface area contributed by atoms with E-state index in [9.17, 15) is 8.42 Å². The minimum atomic E-state index is -3.07. The highest BCUT2D eigenvalue weighted by molar-refractivity contribution is 7.89. The molecule has 0 bridgehead atoms. The topological polar surface area (TPSA) is 63.4 Å². The molecule has 0 saturated heterocycles. The van der Waals surface area contributed by atoms with Crippen molar-refractivity contribution in [1.29, 1.82) is 0 Å². The summed E-state index contributed by atoms with van der Waals surface area (Å²) in [4.78, 5) is 0. The van der Waals surface area contributed by atoms with Crippen molar-refractivity contribution in [2.24, 2.45) is 5.73 Å². The van der Waals surface area contributed by atoms with Gasteiger partial charge in [-0.15, -0.1) is 0 Å². The van der Waals surface area contributed by atoms with Crippen LogP contribution in [-0.2, 0) is 10.0 Å². The van der Waals surface area contributed by atoms with Crippen LogP contribution < -0.4 is 5.73 Å². The van der Waals surface area contributed by atoms with Crippen molar-refractivity contribution in [3.05, 3.63) is 0 Å². The molecule has 96 valence electrons. The minimum Gasteiger partial charge on any atom is -0.330 e. The van der Waals surface area contributed by atoms with Crippen molar-refractivity contribution < 1.29 is 8.42 Å². The predicted molar refractivity (Wildman–Crippen MR) is 66.7 cm³/mol. The van der Waals surface area contributed by atoms with Gasteiger partial charge in [0.15, 0.2) is 0 Å². The molecule has 0 aromatic carbocycles. The lowest BCUT2D eigenvalue weighted by Gasteiger charge is -2.28. The first-order valence-electron chi connectivity index (χ1n) is 6.32. The molecule has 0 amide bonds. The monoisotopic (exact) mass is 248 g/mol. The van der Waals surface area contributed by atoms with Gasteiger partial charge in [0.05, 0.1) is 5.25 Å². The largest absolute Gasteiger partial charge is 0.330 e. The highest BCUT2D eigenvalue weighted by Gasteiger charge is 2.31. The summed E-state index contributed by atoms with van der Waals surface area (Å²) in [6.45, 7) is 3.60. The van der Waals surface area contributed by atoms with Crippen LogP contribution in [0.15, 0.2) is 0 Å². The van der Waals surface area contributed by atoms with Gasteiger partial charge in [-0.25, -0.2) is 12.7 Å². The van der Waals surface area contributed by atoms with Crippen LogP contribution in [0, 0.1) is 0 Å². The van der Waals surface area contributed by atoms with E-state index in [4.69, 9.17) is 5.73 Å². The zero-order valence-electron chi connectivity index (χ0n) is 10.2. The second-order valence-corrected chi connectivity index (χ2v) is 6.65. The van der Waals surface area contributed by atoms with Gasteiger partial charge in [0.25, 0.3) is 0 Å². The first kappa shape index (κ1) is 13.9. The van der Waals surface area contributed by atoms with Crippen molar-refractivity contribution >= 4 is 10.0 Å². The molecule has 0 heterocycles. The van der Waals surface area contributed by atoms with Gasteiger partial charge in [-0.05, 0) is 25.8 Å². The van der Waals surface area contributed by atoms with Crippen molar-refractivity contribution in [2.45, 2.75) is 50.7 Å². The zero-order chi connectivity index (χ0) is 12.0. The highest BCUT2D eigenvalue weighted by Crippen LogP contribution is 2.25. The van der Waals surface area contributed by atoms with Crippen molar-refractivity contribution in [3.63, 3.8) is 0 Å². The van der Waals surface area contributed by atoms with Gasteiger partial charge < -0.3 is 5.73 Å². The lowest BCUT2D eigenvalue weighted by atomic mass is 10.0. The Bertz CT molecular complexity index is 284. The van der Waals surface area contributed by atoms with Crippen LogP contribution in [-0.4, -0.2) is 37.6 Å². The Kier molecular flexibility index (Phi) is 5.72. The third-order valence-corrected chi connectivity index (χ3v) is 5.77. The summed E-state index contributed by atoms with van der Waals surface area (Å²) in [6, 6.07) is 0. The molecule has 0 unspecified atom stereocenters. The fraction of sp³-hybridized carbons (Fsp3) is 1.00. The molecule has 1 saturated carbocycles. The van der Waals surface area contributed by atoms with E-state index >= 15 is 0 Å². The summed E-state index contributed by atoms with van der Waals surface area (Å²) in [5.74, 6) is 0. The molecule has 0 aliphatic heterocycles. The van der Waals surface area contributed by atoms with Crippen LogP contribution in [0.25, 0.3) is 0 Å². The van der Waals surface area contributed by atoms with Gasteiger partial charge in [0.2, 0.25) is 10.0 Å². The third-order valence-electron chi connectivity index (χ3n) is 3.30. The molecule has 0 spiro atoms. The number of rotatable bonds is 6. The van der Waals surface area contributed by atoms with Crippen LogP contribution in [0.4, 0.5) is 0 Å². The molecule has 1 fully saturated rings. The Morgan fingerprint density at radius 3 is 2.38 bits per heavy atom. The first-order chi connectivity index (χ1) is 7.62. The maximum Gasteiger partial charge on any atom is 0.216 e. The van der Waals surface area contributed by atoms with Crippen LogP contribution in [0.3, 0.4) is 0 Å². The van der Waals surface area contributed by atoms with E-state index < -0.39 is 10.0 Å². The second kappa shape index (κ2) is 6.57. The fourth-order valence-electron chi connectivity index (χ4n) is 2.31. The Labute approximate surface area is 99.2 Å². The van der Waals surface area contributed by atoms with Crippen LogP contribution >= 0.6 is 0 Å². The van der Waals surface area contributed by atoms with E-state index in [1.807, 2.05) is 6.92 Å². The first-order valence-corrected chi connectivity index (χ1v) is 7.82. The lowest BCUT2D eigenvalue weighted by molar-refractivity contribution is 0.395. The van der Waals surface area contributed by atoms with Crippen molar-refractivity contribution in [3.8, 4) is 0 Å². The normalized spacial score (nSPS) is 19.2. The summed E-state index contributed by atoms with van der Waals surface area (Å²) in [5.41, 5.74) is 5.43. The van der Waals surface area contributed by atoms with Crippen LogP contribution in [0.5, 0.6) is 0 Å². The summed E-state index contributed by atoms with van der Waals surface area (Å²) in [5, 5.41) is -0.140. The summed E-state index contributed by atoms with van der Waals surface area (Å²) < 4.78 is 26.2. The summed E-state index contributed by atoms with van der Waals surface area (Å²) >= 11 is 0. The molecular formula is C11H24N2O2S. The average molecular weight is 248 g/mol. The van der Waals surface area contributed by atoms with E-state index in [0.29, 0.717) is 19.6 Å². The van der Waals surface area contributed by atoms with E-state index in [1.165, 1.54) is 6.42 Å². The number of nitrogens with zero attached hydrogens (tertiary/aromatic N) is 1. The molecule has 0 aromatic rings. The molecule has 2 N–H and O–H groups in total. The van der Waals surface area contributed by atoms with E-state index in [-0.39, 0.29) is 5.25 Å². The van der Waals surface area contributed by atoms with Gasteiger partial charge in [-0.2, -0.15) is 0 Å². The molecule has 1 aliphatic rings. The molecule has 1 rings (SSSR count). The quantitative estimate of drug-likeness (QED) is 0.771. The number of hydrogen-bond donors (Lipinski definition) is 1.